The molecular weight excluding hydrogens is 250 g/mol. The van der Waals surface area contributed by atoms with E-state index >= 15 is 0 Å². The fourth-order valence-electron chi connectivity index (χ4n) is 2.23. The Balaban J connectivity index is 2.12. The highest BCUT2D eigenvalue weighted by atomic mass is 17.0. The second kappa shape index (κ2) is 7.93. The minimum atomic E-state index is -0.714. The van der Waals surface area contributed by atoms with Gasteiger partial charge in [0.25, 0.3) is 5.09 Å². The summed E-state index contributed by atoms with van der Waals surface area (Å²) in [6.45, 7) is 1.41. The average Bonchev–Trinajstić information content (AvgIpc) is 2.35. The lowest BCUT2D eigenvalue weighted by molar-refractivity contribution is -0.769. The van der Waals surface area contributed by atoms with E-state index in [1.165, 1.54) is 0 Å². The maximum absolute atomic E-state index is 11.5. The Morgan fingerprint density at radius 1 is 1.37 bits per heavy atom. The van der Waals surface area contributed by atoms with Crippen LogP contribution in [0.15, 0.2) is 0 Å². The van der Waals surface area contributed by atoms with Crippen molar-refractivity contribution in [1.82, 2.24) is 10.2 Å². The molecule has 0 atom stereocenters. The van der Waals surface area contributed by atoms with Crippen LogP contribution in [0.5, 0.6) is 0 Å². The number of hydrogen-bond donors (Lipinski definition) is 1. The zero-order valence-electron chi connectivity index (χ0n) is 11.6. The summed E-state index contributed by atoms with van der Waals surface area (Å²) in [5.41, 5.74) is 0. The molecule has 1 aliphatic carbocycles. The van der Waals surface area contributed by atoms with Gasteiger partial charge in [0, 0.05) is 19.5 Å². The van der Waals surface area contributed by atoms with E-state index in [1.54, 1.807) is 0 Å². The van der Waals surface area contributed by atoms with E-state index in [0.29, 0.717) is 31.7 Å². The molecule has 1 amide bonds. The van der Waals surface area contributed by atoms with Gasteiger partial charge >= 0.3 is 0 Å². The highest BCUT2D eigenvalue weighted by Gasteiger charge is 2.23. The van der Waals surface area contributed by atoms with Gasteiger partial charge in [-0.05, 0) is 45.7 Å². The zero-order chi connectivity index (χ0) is 14.3. The SMILES string of the molecule is CN(C)CCC(=O)NC[C@H]1CC[C@H](O[N+](=O)[O-])CC1. The van der Waals surface area contributed by atoms with Crippen LogP contribution in [0.25, 0.3) is 0 Å². The third-order valence-electron chi connectivity index (χ3n) is 3.40. The number of carbonyl (C=O) groups excluding carboxylic acids is 1. The first kappa shape index (κ1) is 15.7. The summed E-state index contributed by atoms with van der Waals surface area (Å²) in [5.74, 6) is 0.479. The van der Waals surface area contributed by atoms with Crippen molar-refractivity contribution in [3.8, 4) is 0 Å². The van der Waals surface area contributed by atoms with Gasteiger partial charge in [0.05, 0.1) is 0 Å². The molecule has 0 aromatic carbocycles. The molecule has 0 heterocycles. The fraction of sp³-hybridized carbons (Fsp3) is 0.917. The number of carbonyl (C=O) groups is 1. The van der Waals surface area contributed by atoms with Gasteiger partial charge in [0.15, 0.2) is 0 Å². The van der Waals surface area contributed by atoms with Crippen LogP contribution < -0.4 is 5.32 Å². The topological polar surface area (TPSA) is 84.7 Å². The molecule has 19 heavy (non-hydrogen) atoms. The normalized spacial score (nSPS) is 23.1. The van der Waals surface area contributed by atoms with Gasteiger partial charge in [-0.2, -0.15) is 0 Å². The Kier molecular flexibility index (Phi) is 6.55. The van der Waals surface area contributed by atoms with E-state index in [-0.39, 0.29) is 12.0 Å². The maximum Gasteiger partial charge on any atom is 0.294 e. The van der Waals surface area contributed by atoms with Gasteiger partial charge in [-0.15, -0.1) is 10.1 Å². The van der Waals surface area contributed by atoms with Crippen molar-refractivity contribution >= 4 is 5.91 Å². The van der Waals surface area contributed by atoms with E-state index in [0.717, 1.165) is 19.4 Å². The lowest BCUT2D eigenvalue weighted by Crippen LogP contribution is -2.34. The van der Waals surface area contributed by atoms with Crippen LogP contribution in [-0.2, 0) is 9.63 Å². The van der Waals surface area contributed by atoms with E-state index in [9.17, 15) is 14.9 Å². The third kappa shape index (κ3) is 6.95. The number of hydrogen-bond acceptors (Lipinski definition) is 5. The predicted octanol–water partition coefficient (Wildman–Crippen LogP) is 0.821. The molecule has 0 spiro atoms. The van der Waals surface area contributed by atoms with E-state index < -0.39 is 5.09 Å². The summed E-state index contributed by atoms with van der Waals surface area (Å²) in [4.78, 5) is 28.3. The summed E-state index contributed by atoms with van der Waals surface area (Å²) >= 11 is 0. The average molecular weight is 273 g/mol. The molecular formula is C12H23N3O4. The van der Waals surface area contributed by atoms with Crippen LogP contribution >= 0.6 is 0 Å². The predicted molar refractivity (Wildman–Crippen MR) is 70.0 cm³/mol. The molecule has 1 saturated carbocycles. The Morgan fingerprint density at radius 2 is 2.00 bits per heavy atom. The lowest BCUT2D eigenvalue weighted by Gasteiger charge is -2.27. The summed E-state index contributed by atoms with van der Waals surface area (Å²) in [5, 5.41) is 12.4. The van der Waals surface area contributed by atoms with Crippen LogP contribution in [0.3, 0.4) is 0 Å². The molecule has 0 radical (unpaired) electrons. The molecule has 110 valence electrons. The van der Waals surface area contributed by atoms with Gasteiger partial charge in [0.1, 0.15) is 6.10 Å². The quantitative estimate of drug-likeness (QED) is 0.548. The van der Waals surface area contributed by atoms with Gasteiger partial charge < -0.3 is 15.1 Å². The van der Waals surface area contributed by atoms with Crippen molar-refractivity contribution < 1.29 is 14.7 Å². The maximum atomic E-state index is 11.5. The smallest absolute Gasteiger partial charge is 0.294 e. The Labute approximate surface area is 113 Å². The van der Waals surface area contributed by atoms with Crippen molar-refractivity contribution in [2.24, 2.45) is 5.92 Å². The Morgan fingerprint density at radius 3 is 2.53 bits per heavy atom. The first-order valence-corrected chi connectivity index (χ1v) is 6.70. The van der Waals surface area contributed by atoms with Crippen molar-refractivity contribution in [2.75, 3.05) is 27.2 Å². The minimum absolute atomic E-state index is 0.0670. The van der Waals surface area contributed by atoms with E-state index in [2.05, 4.69) is 10.2 Å². The van der Waals surface area contributed by atoms with Gasteiger partial charge in [-0.25, -0.2) is 0 Å². The van der Waals surface area contributed by atoms with Crippen LogP contribution in [0.2, 0.25) is 0 Å². The molecule has 0 aliphatic heterocycles. The Bertz CT molecular complexity index is 301. The highest BCUT2D eigenvalue weighted by molar-refractivity contribution is 5.76. The lowest BCUT2D eigenvalue weighted by atomic mass is 9.87. The number of nitrogens with zero attached hydrogens (tertiary/aromatic N) is 2. The molecule has 0 unspecified atom stereocenters. The first-order valence-electron chi connectivity index (χ1n) is 6.70. The minimum Gasteiger partial charge on any atom is -0.356 e. The molecule has 1 N–H and O–H groups in total. The first-order chi connectivity index (χ1) is 8.97. The molecule has 7 heteroatoms. The van der Waals surface area contributed by atoms with Crippen molar-refractivity contribution in [1.29, 1.82) is 0 Å². The van der Waals surface area contributed by atoms with Crippen molar-refractivity contribution in [3.63, 3.8) is 0 Å². The summed E-state index contributed by atoms with van der Waals surface area (Å²) in [6, 6.07) is 0. The summed E-state index contributed by atoms with van der Waals surface area (Å²) in [6.07, 6.45) is 3.36. The summed E-state index contributed by atoms with van der Waals surface area (Å²) < 4.78 is 0. The largest absolute Gasteiger partial charge is 0.356 e. The highest BCUT2D eigenvalue weighted by Crippen LogP contribution is 2.25. The van der Waals surface area contributed by atoms with E-state index in [1.807, 2.05) is 19.0 Å². The number of rotatable bonds is 7. The zero-order valence-corrected chi connectivity index (χ0v) is 11.6. The second-order valence-corrected chi connectivity index (χ2v) is 5.33. The molecule has 0 bridgehead atoms. The van der Waals surface area contributed by atoms with E-state index in [4.69, 9.17) is 0 Å². The standard InChI is InChI=1S/C12H23N3O4/c1-14(2)8-7-12(16)13-9-10-3-5-11(6-4-10)19-15(17)18/h10-11H,3-9H2,1-2H3,(H,13,16)/t10-,11-. The third-order valence-corrected chi connectivity index (χ3v) is 3.40. The van der Waals surface area contributed by atoms with Crippen LogP contribution in [0, 0.1) is 16.0 Å². The van der Waals surface area contributed by atoms with Crippen LogP contribution in [0.1, 0.15) is 32.1 Å². The molecule has 1 aliphatic rings. The summed E-state index contributed by atoms with van der Waals surface area (Å²) in [7, 11) is 3.87. The van der Waals surface area contributed by atoms with Gasteiger partial charge in [-0.3, -0.25) is 4.79 Å². The molecule has 1 fully saturated rings. The molecule has 0 aromatic rings. The van der Waals surface area contributed by atoms with Crippen LogP contribution in [-0.4, -0.2) is 49.2 Å². The number of nitrogens with one attached hydrogen (secondary N) is 1. The van der Waals surface area contributed by atoms with Crippen molar-refractivity contribution in [3.05, 3.63) is 10.1 Å². The van der Waals surface area contributed by atoms with Gasteiger partial charge in [0.2, 0.25) is 5.91 Å². The van der Waals surface area contributed by atoms with Crippen molar-refractivity contribution in [2.45, 2.75) is 38.2 Å². The molecule has 0 saturated heterocycles. The molecule has 0 aromatic heterocycles. The van der Waals surface area contributed by atoms with Crippen LogP contribution in [0.4, 0.5) is 0 Å². The molecule has 7 nitrogen and oxygen atoms in total. The second-order valence-electron chi connectivity index (χ2n) is 5.33. The fourth-order valence-corrected chi connectivity index (χ4v) is 2.23. The Hall–Kier alpha value is -1.37. The monoisotopic (exact) mass is 273 g/mol. The number of amides is 1. The molecule has 1 rings (SSSR count). The van der Waals surface area contributed by atoms with Gasteiger partial charge in [-0.1, -0.05) is 0 Å².